The molecule has 1 aromatic carbocycles. The van der Waals surface area contributed by atoms with E-state index in [4.69, 9.17) is 9.47 Å². The number of hydrazone groups is 1. The molecule has 1 N–H and O–H groups in total. The third-order valence-corrected chi connectivity index (χ3v) is 3.05. The number of carbonyl (C=O) groups excluding carboxylic acids is 2. The first-order valence-corrected chi connectivity index (χ1v) is 6.22. The molecular weight excluding hydrogens is 260 g/mol. The molecule has 0 atom stereocenters. The number of ether oxygens (including phenoxy) is 2. The van der Waals surface area contributed by atoms with E-state index in [1.807, 2.05) is 0 Å². The molecule has 1 aliphatic rings. The molecule has 0 bridgehead atoms. The number of benzene rings is 1. The van der Waals surface area contributed by atoms with Crippen LogP contribution in [-0.2, 0) is 4.79 Å². The van der Waals surface area contributed by atoms with Crippen molar-refractivity contribution in [2.75, 3.05) is 19.1 Å². The molecule has 0 aliphatic carbocycles. The normalized spacial score (nSPS) is 14.3. The van der Waals surface area contributed by atoms with Crippen LogP contribution in [0.25, 0.3) is 0 Å². The van der Waals surface area contributed by atoms with Gasteiger partial charge in [0.15, 0.2) is 23.1 Å². The van der Waals surface area contributed by atoms with E-state index in [1.165, 1.54) is 14.0 Å². The number of methoxy groups -OCH3 is 1. The minimum atomic E-state index is -0.137. The number of carbonyl (C=O) groups is 2. The summed E-state index contributed by atoms with van der Waals surface area (Å²) in [6, 6.07) is 3.37. The zero-order chi connectivity index (χ0) is 14.7. The number of nitrogens with one attached hydrogen (secondary N) is 1. The van der Waals surface area contributed by atoms with Gasteiger partial charge in [0.2, 0.25) is 0 Å². The van der Waals surface area contributed by atoms with Crippen molar-refractivity contribution in [3.63, 3.8) is 0 Å². The second-order valence-corrected chi connectivity index (χ2v) is 4.41. The second kappa shape index (κ2) is 5.73. The van der Waals surface area contributed by atoms with E-state index in [1.54, 1.807) is 19.1 Å². The van der Waals surface area contributed by atoms with Crippen molar-refractivity contribution in [2.24, 2.45) is 5.10 Å². The fourth-order valence-electron chi connectivity index (χ4n) is 1.83. The first-order chi connectivity index (χ1) is 9.54. The Hall–Kier alpha value is -2.37. The lowest BCUT2D eigenvalue weighted by molar-refractivity contribution is -0.111. The summed E-state index contributed by atoms with van der Waals surface area (Å²) in [4.78, 5) is 23.2. The average molecular weight is 276 g/mol. The maximum Gasteiger partial charge on any atom is 0.175 e. The molecule has 0 fully saturated rings. The highest BCUT2D eigenvalue weighted by Crippen LogP contribution is 2.39. The lowest BCUT2D eigenvalue weighted by Crippen LogP contribution is -2.18. The zero-order valence-electron chi connectivity index (χ0n) is 11.6. The van der Waals surface area contributed by atoms with Gasteiger partial charge < -0.3 is 9.47 Å². The Morgan fingerprint density at radius 1 is 1.40 bits per heavy atom. The second-order valence-electron chi connectivity index (χ2n) is 4.41. The molecule has 2 rings (SSSR count). The predicted octanol–water partition coefficient (Wildman–Crippen LogP) is 2.04. The van der Waals surface area contributed by atoms with Crippen molar-refractivity contribution < 1.29 is 19.1 Å². The Bertz CT molecular complexity index is 593. The van der Waals surface area contributed by atoms with Gasteiger partial charge in [0.05, 0.1) is 25.0 Å². The van der Waals surface area contributed by atoms with Crippen molar-refractivity contribution in [3.05, 3.63) is 17.7 Å². The molecule has 1 aromatic rings. The number of hydrogen-bond donors (Lipinski definition) is 1. The molecule has 0 unspecified atom stereocenters. The fraction of sp³-hybridized carbons (Fsp3) is 0.357. The molecule has 0 radical (unpaired) electrons. The molecule has 0 aromatic heterocycles. The van der Waals surface area contributed by atoms with Gasteiger partial charge in [-0.15, -0.1) is 0 Å². The third-order valence-electron chi connectivity index (χ3n) is 3.05. The number of ketones is 2. The summed E-state index contributed by atoms with van der Waals surface area (Å²) in [5.41, 5.74) is 4.00. The zero-order valence-corrected chi connectivity index (χ0v) is 11.6. The van der Waals surface area contributed by atoms with Crippen molar-refractivity contribution >= 4 is 23.0 Å². The van der Waals surface area contributed by atoms with E-state index in [-0.39, 0.29) is 11.6 Å². The number of hydrogen-bond acceptors (Lipinski definition) is 6. The van der Waals surface area contributed by atoms with Gasteiger partial charge >= 0.3 is 0 Å². The molecule has 0 spiro atoms. The van der Waals surface area contributed by atoms with Gasteiger partial charge in [-0.3, -0.25) is 15.0 Å². The largest absolute Gasteiger partial charge is 0.493 e. The van der Waals surface area contributed by atoms with Crippen LogP contribution in [0.2, 0.25) is 0 Å². The minimum Gasteiger partial charge on any atom is -0.493 e. The molecule has 0 saturated carbocycles. The van der Waals surface area contributed by atoms with Crippen LogP contribution in [0.4, 0.5) is 5.69 Å². The summed E-state index contributed by atoms with van der Waals surface area (Å²) in [7, 11) is 1.52. The van der Waals surface area contributed by atoms with Gasteiger partial charge in [-0.05, 0) is 19.1 Å². The van der Waals surface area contributed by atoms with Crippen molar-refractivity contribution in [1.29, 1.82) is 0 Å². The van der Waals surface area contributed by atoms with Crippen molar-refractivity contribution in [3.8, 4) is 11.5 Å². The monoisotopic (exact) mass is 276 g/mol. The maximum atomic E-state index is 12.1. The summed E-state index contributed by atoms with van der Waals surface area (Å²) < 4.78 is 10.7. The first-order valence-electron chi connectivity index (χ1n) is 6.22. The summed E-state index contributed by atoms with van der Waals surface area (Å²) in [5.74, 6) is 0.751. The number of nitrogens with zero attached hydrogens (tertiary/aromatic N) is 1. The maximum absolute atomic E-state index is 12.1. The van der Waals surface area contributed by atoms with E-state index >= 15 is 0 Å². The van der Waals surface area contributed by atoms with Crippen LogP contribution in [-0.4, -0.2) is 31.0 Å². The molecule has 6 heteroatoms. The Balaban J connectivity index is 2.42. The Kier molecular flexibility index (Phi) is 4.02. The van der Waals surface area contributed by atoms with Crippen LogP contribution < -0.4 is 14.9 Å². The van der Waals surface area contributed by atoms with Gasteiger partial charge in [-0.25, -0.2) is 0 Å². The number of rotatable bonds is 4. The highest BCUT2D eigenvalue weighted by Gasteiger charge is 2.25. The minimum absolute atomic E-state index is 0.0386. The Morgan fingerprint density at radius 2 is 2.15 bits per heavy atom. The number of fused-ring (bicyclic) bond motifs is 1. The van der Waals surface area contributed by atoms with E-state index < -0.39 is 0 Å². The summed E-state index contributed by atoms with van der Waals surface area (Å²) in [5, 5.41) is 3.96. The van der Waals surface area contributed by atoms with Crippen LogP contribution in [0.15, 0.2) is 17.2 Å². The highest BCUT2D eigenvalue weighted by atomic mass is 16.5. The molecule has 0 amide bonds. The van der Waals surface area contributed by atoms with Crippen LogP contribution in [0.5, 0.6) is 11.5 Å². The molecule has 0 saturated heterocycles. The van der Waals surface area contributed by atoms with Gasteiger partial charge in [0.1, 0.15) is 5.71 Å². The molecule has 1 aliphatic heterocycles. The van der Waals surface area contributed by atoms with Gasteiger partial charge in [0, 0.05) is 13.3 Å². The van der Waals surface area contributed by atoms with E-state index in [9.17, 15) is 9.59 Å². The van der Waals surface area contributed by atoms with Gasteiger partial charge in [-0.1, -0.05) is 0 Å². The van der Waals surface area contributed by atoms with Crippen LogP contribution >= 0.6 is 0 Å². The van der Waals surface area contributed by atoms with E-state index in [0.717, 1.165) is 0 Å². The van der Waals surface area contributed by atoms with E-state index in [0.29, 0.717) is 41.5 Å². The van der Waals surface area contributed by atoms with Crippen molar-refractivity contribution in [2.45, 2.75) is 20.3 Å². The van der Waals surface area contributed by atoms with E-state index in [2.05, 4.69) is 10.5 Å². The standard InChI is InChI=1S/C14H16N2O4/c1-8(9(2)17)15-16-10-4-5-12(19-3)14-13(10)11(18)6-7-20-14/h4-5,16H,6-7H2,1-3H3. The number of anilines is 1. The Labute approximate surface area is 116 Å². The SMILES string of the molecule is COc1ccc(NN=C(C)C(C)=O)c2c1OCCC2=O. The quantitative estimate of drug-likeness (QED) is 0.672. The summed E-state index contributed by atoms with van der Waals surface area (Å²) in [6.07, 6.45) is 0.310. The molecule has 20 heavy (non-hydrogen) atoms. The molecule has 6 nitrogen and oxygen atoms in total. The fourth-order valence-corrected chi connectivity index (χ4v) is 1.83. The summed E-state index contributed by atoms with van der Waals surface area (Å²) >= 11 is 0. The van der Waals surface area contributed by atoms with Crippen LogP contribution in [0, 0.1) is 0 Å². The molecule has 106 valence electrons. The van der Waals surface area contributed by atoms with Gasteiger partial charge in [-0.2, -0.15) is 5.10 Å². The van der Waals surface area contributed by atoms with Crippen LogP contribution in [0.1, 0.15) is 30.6 Å². The smallest absolute Gasteiger partial charge is 0.175 e. The number of Topliss-reactive ketones (excluding diaryl/α,β-unsaturated/α-hetero) is 2. The lowest BCUT2D eigenvalue weighted by Gasteiger charge is -2.21. The lowest BCUT2D eigenvalue weighted by atomic mass is 10.0. The summed E-state index contributed by atoms with van der Waals surface area (Å²) in [6.45, 7) is 3.36. The Morgan fingerprint density at radius 3 is 2.80 bits per heavy atom. The highest BCUT2D eigenvalue weighted by molar-refractivity contribution is 6.38. The average Bonchev–Trinajstić information content (AvgIpc) is 2.44. The van der Waals surface area contributed by atoms with Crippen molar-refractivity contribution in [1.82, 2.24) is 0 Å². The predicted molar refractivity (Wildman–Crippen MR) is 74.8 cm³/mol. The van der Waals surface area contributed by atoms with Crippen LogP contribution in [0.3, 0.4) is 0 Å². The molecular formula is C14H16N2O4. The first kappa shape index (κ1) is 14.0. The molecule has 1 heterocycles. The van der Waals surface area contributed by atoms with Gasteiger partial charge in [0.25, 0.3) is 0 Å². The third kappa shape index (κ3) is 2.64. The topological polar surface area (TPSA) is 77.0 Å².